The molecule has 1 atom stereocenters. The summed E-state index contributed by atoms with van der Waals surface area (Å²) in [4.78, 5) is 27.0. The zero-order valence-electron chi connectivity index (χ0n) is 11.6. The van der Waals surface area contributed by atoms with Gasteiger partial charge in [-0.15, -0.1) is 0 Å². The molecule has 1 fully saturated rings. The minimum absolute atomic E-state index is 0.00864. The zero-order valence-corrected chi connectivity index (χ0v) is 11.6. The average Bonchev–Trinajstić information content (AvgIpc) is 2.57. The molecule has 2 aromatic heterocycles. The van der Waals surface area contributed by atoms with Gasteiger partial charge in [0.25, 0.3) is 0 Å². The second-order valence-electron chi connectivity index (χ2n) is 5.04. The molecule has 1 aliphatic heterocycles. The second kappa shape index (κ2) is 6.30. The van der Waals surface area contributed by atoms with Gasteiger partial charge in [-0.05, 0) is 31.0 Å². The molecule has 0 bridgehead atoms. The third-order valence-corrected chi connectivity index (χ3v) is 3.54. The van der Waals surface area contributed by atoms with Crippen LogP contribution in [0.5, 0.6) is 0 Å². The van der Waals surface area contributed by atoms with Crippen molar-refractivity contribution in [1.82, 2.24) is 15.0 Å². The molecule has 1 unspecified atom stereocenters. The first-order chi connectivity index (χ1) is 10.3. The second-order valence-corrected chi connectivity index (χ2v) is 5.04. The molecule has 0 aromatic carbocycles. The number of piperidine rings is 1. The number of hydrogen-bond acceptors (Lipinski definition) is 5. The molecule has 1 amide bonds. The van der Waals surface area contributed by atoms with E-state index < -0.39 is 0 Å². The van der Waals surface area contributed by atoms with Gasteiger partial charge >= 0.3 is 0 Å². The maximum atomic E-state index is 12.3. The highest BCUT2D eigenvalue weighted by Gasteiger charge is 2.27. The Hall–Kier alpha value is -2.50. The predicted molar refractivity (Wildman–Crippen MR) is 79.8 cm³/mol. The normalized spacial score (nSPS) is 18.3. The van der Waals surface area contributed by atoms with Crippen LogP contribution in [0.15, 0.2) is 42.9 Å². The Balaban J connectivity index is 1.64. The summed E-state index contributed by atoms with van der Waals surface area (Å²) in [5.41, 5.74) is 0. The molecule has 1 aliphatic rings. The molecular formula is C15H17N5O. The lowest BCUT2D eigenvalue weighted by Crippen LogP contribution is -2.41. The fourth-order valence-electron chi connectivity index (χ4n) is 2.49. The van der Waals surface area contributed by atoms with Gasteiger partial charge < -0.3 is 10.2 Å². The number of carbonyl (C=O) groups excluding carboxylic acids is 1. The predicted octanol–water partition coefficient (Wildman–Crippen LogP) is 1.73. The monoisotopic (exact) mass is 283 g/mol. The van der Waals surface area contributed by atoms with E-state index in [1.807, 2.05) is 12.1 Å². The van der Waals surface area contributed by atoms with Crippen molar-refractivity contribution in [2.45, 2.75) is 12.8 Å². The van der Waals surface area contributed by atoms with E-state index in [0.717, 1.165) is 19.4 Å². The summed E-state index contributed by atoms with van der Waals surface area (Å²) in [6.45, 7) is 1.53. The third kappa shape index (κ3) is 3.34. The van der Waals surface area contributed by atoms with Crippen LogP contribution in [0, 0.1) is 5.92 Å². The summed E-state index contributed by atoms with van der Waals surface area (Å²) in [7, 11) is 0. The van der Waals surface area contributed by atoms with E-state index in [1.165, 1.54) is 0 Å². The Labute approximate surface area is 123 Å². The Bertz CT molecular complexity index is 590. The van der Waals surface area contributed by atoms with Gasteiger partial charge in [0.15, 0.2) is 0 Å². The van der Waals surface area contributed by atoms with Crippen molar-refractivity contribution in [1.29, 1.82) is 0 Å². The Morgan fingerprint density at radius 1 is 1.14 bits per heavy atom. The highest BCUT2D eigenvalue weighted by molar-refractivity contribution is 5.92. The maximum absolute atomic E-state index is 12.3. The van der Waals surface area contributed by atoms with Crippen LogP contribution in [0.1, 0.15) is 12.8 Å². The molecule has 0 aliphatic carbocycles. The number of amides is 1. The Kier molecular flexibility index (Phi) is 4.04. The number of aromatic nitrogens is 3. The van der Waals surface area contributed by atoms with E-state index in [9.17, 15) is 4.79 Å². The van der Waals surface area contributed by atoms with Gasteiger partial charge in [0.05, 0.1) is 5.92 Å². The van der Waals surface area contributed by atoms with E-state index in [2.05, 4.69) is 25.2 Å². The summed E-state index contributed by atoms with van der Waals surface area (Å²) < 4.78 is 0. The number of pyridine rings is 1. The molecule has 21 heavy (non-hydrogen) atoms. The van der Waals surface area contributed by atoms with Crippen LogP contribution < -0.4 is 10.2 Å². The van der Waals surface area contributed by atoms with Crippen LogP contribution in [-0.2, 0) is 4.79 Å². The van der Waals surface area contributed by atoms with E-state index in [4.69, 9.17) is 0 Å². The van der Waals surface area contributed by atoms with Gasteiger partial charge in [0, 0.05) is 31.7 Å². The van der Waals surface area contributed by atoms with Crippen LogP contribution in [0.2, 0.25) is 0 Å². The standard InChI is InChI=1S/C15H17N5O/c21-14(19-13-6-1-2-7-16-13)12-5-3-10-20(11-12)15-17-8-4-9-18-15/h1-2,4,6-9,12H,3,5,10-11H2,(H,16,19,21). The van der Waals surface area contributed by atoms with Crippen LogP contribution in [-0.4, -0.2) is 33.9 Å². The molecule has 108 valence electrons. The topological polar surface area (TPSA) is 71.0 Å². The first-order valence-electron chi connectivity index (χ1n) is 7.07. The van der Waals surface area contributed by atoms with Crippen molar-refractivity contribution in [3.8, 4) is 0 Å². The molecular weight excluding hydrogens is 266 g/mol. The summed E-state index contributed by atoms with van der Waals surface area (Å²) >= 11 is 0. The molecule has 6 nitrogen and oxygen atoms in total. The molecule has 6 heteroatoms. The summed E-state index contributed by atoms with van der Waals surface area (Å²) in [6.07, 6.45) is 6.95. The Morgan fingerprint density at radius 2 is 1.95 bits per heavy atom. The summed E-state index contributed by atoms with van der Waals surface area (Å²) in [5.74, 6) is 1.22. The molecule has 0 radical (unpaired) electrons. The van der Waals surface area contributed by atoms with E-state index in [-0.39, 0.29) is 11.8 Å². The van der Waals surface area contributed by atoms with Crippen molar-refractivity contribution in [3.05, 3.63) is 42.9 Å². The smallest absolute Gasteiger partial charge is 0.230 e. The number of carbonyl (C=O) groups is 1. The molecule has 0 spiro atoms. The fraction of sp³-hybridized carbons (Fsp3) is 0.333. The Morgan fingerprint density at radius 3 is 2.71 bits per heavy atom. The quantitative estimate of drug-likeness (QED) is 0.928. The molecule has 3 heterocycles. The van der Waals surface area contributed by atoms with Crippen molar-refractivity contribution in [2.24, 2.45) is 5.92 Å². The molecule has 1 saturated heterocycles. The highest BCUT2D eigenvalue weighted by Crippen LogP contribution is 2.21. The number of nitrogens with one attached hydrogen (secondary N) is 1. The van der Waals surface area contributed by atoms with Gasteiger partial charge in [-0.2, -0.15) is 0 Å². The largest absolute Gasteiger partial charge is 0.340 e. The minimum Gasteiger partial charge on any atom is -0.340 e. The minimum atomic E-state index is -0.0652. The van der Waals surface area contributed by atoms with Gasteiger partial charge in [0.1, 0.15) is 5.82 Å². The van der Waals surface area contributed by atoms with Gasteiger partial charge in [-0.3, -0.25) is 4.79 Å². The van der Waals surface area contributed by atoms with Crippen LogP contribution in [0.3, 0.4) is 0 Å². The lowest BCUT2D eigenvalue weighted by Gasteiger charge is -2.31. The zero-order chi connectivity index (χ0) is 14.5. The van der Waals surface area contributed by atoms with E-state index in [0.29, 0.717) is 18.3 Å². The highest BCUT2D eigenvalue weighted by atomic mass is 16.2. The number of anilines is 2. The number of nitrogens with zero attached hydrogens (tertiary/aromatic N) is 4. The lowest BCUT2D eigenvalue weighted by molar-refractivity contribution is -0.120. The lowest BCUT2D eigenvalue weighted by atomic mass is 9.97. The number of rotatable bonds is 3. The van der Waals surface area contributed by atoms with Crippen molar-refractivity contribution in [3.63, 3.8) is 0 Å². The average molecular weight is 283 g/mol. The first kappa shape index (κ1) is 13.5. The van der Waals surface area contributed by atoms with Gasteiger partial charge in [0.2, 0.25) is 11.9 Å². The van der Waals surface area contributed by atoms with Gasteiger partial charge in [-0.1, -0.05) is 6.07 Å². The first-order valence-corrected chi connectivity index (χ1v) is 7.07. The maximum Gasteiger partial charge on any atom is 0.230 e. The SMILES string of the molecule is O=C(Nc1ccccn1)C1CCCN(c2ncccn2)C1. The van der Waals surface area contributed by atoms with Gasteiger partial charge in [-0.25, -0.2) is 15.0 Å². The van der Waals surface area contributed by atoms with Crippen molar-refractivity contribution >= 4 is 17.7 Å². The number of hydrogen-bond donors (Lipinski definition) is 1. The molecule has 1 N–H and O–H groups in total. The van der Waals surface area contributed by atoms with Crippen LogP contribution in [0.25, 0.3) is 0 Å². The third-order valence-electron chi connectivity index (χ3n) is 3.54. The summed E-state index contributed by atoms with van der Waals surface area (Å²) in [6, 6.07) is 7.26. The van der Waals surface area contributed by atoms with E-state index in [1.54, 1.807) is 30.7 Å². The van der Waals surface area contributed by atoms with Crippen molar-refractivity contribution in [2.75, 3.05) is 23.3 Å². The fourth-order valence-corrected chi connectivity index (χ4v) is 2.49. The molecule has 0 saturated carbocycles. The van der Waals surface area contributed by atoms with Crippen LogP contribution in [0.4, 0.5) is 11.8 Å². The van der Waals surface area contributed by atoms with Crippen molar-refractivity contribution < 1.29 is 4.79 Å². The molecule has 2 aromatic rings. The van der Waals surface area contributed by atoms with E-state index >= 15 is 0 Å². The van der Waals surface area contributed by atoms with Crippen LogP contribution >= 0.6 is 0 Å². The summed E-state index contributed by atoms with van der Waals surface area (Å²) in [5, 5.41) is 2.87. The molecule has 3 rings (SSSR count).